The summed E-state index contributed by atoms with van der Waals surface area (Å²) in [6, 6.07) is 3.87. The Hall–Kier alpha value is -2.08. The van der Waals surface area contributed by atoms with Crippen molar-refractivity contribution in [2.45, 2.75) is 36.2 Å². The lowest BCUT2D eigenvalue weighted by molar-refractivity contribution is 0.00428. The summed E-state index contributed by atoms with van der Waals surface area (Å²) < 4.78 is 55.3. The molecule has 156 valence electrons. The number of nitrogens with one attached hydrogen (secondary N) is 2. The van der Waals surface area contributed by atoms with Crippen LogP contribution in [-0.2, 0) is 24.2 Å². The maximum atomic E-state index is 12.9. The van der Waals surface area contributed by atoms with Crippen LogP contribution in [0.4, 0.5) is 4.79 Å². The zero-order valence-electron chi connectivity index (χ0n) is 15.8. The molecule has 1 aromatic rings. The van der Waals surface area contributed by atoms with Gasteiger partial charge in [-0.2, -0.15) is 0 Å². The van der Waals surface area contributed by atoms with Crippen molar-refractivity contribution in [3.63, 3.8) is 0 Å². The van der Waals surface area contributed by atoms with Gasteiger partial charge in [-0.25, -0.2) is 17.9 Å². The van der Waals surface area contributed by atoms with Gasteiger partial charge in [0.15, 0.2) is 6.10 Å². The average Bonchev–Trinajstić information content (AvgIpc) is 3.25. The summed E-state index contributed by atoms with van der Waals surface area (Å²) in [7, 11) is -1.11. The van der Waals surface area contributed by atoms with Crippen LogP contribution < -0.4 is 19.5 Å². The third kappa shape index (κ3) is 4.17. The second kappa shape index (κ2) is 8.52. The molecule has 0 aromatic heterocycles. The lowest BCUT2D eigenvalue weighted by Gasteiger charge is -2.19. The maximum Gasteiger partial charge on any atom is 0.407 e. The van der Waals surface area contributed by atoms with E-state index in [0.717, 1.165) is 0 Å². The van der Waals surface area contributed by atoms with E-state index in [2.05, 4.69) is 10.0 Å². The summed E-state index contributed by atoms with van der Waals surface area (Å²) in [6.07, 6.45) is -2.27. The molecule has 11 heteroatoms. The first-order chi connectivity index (χ1) is 13.4. The van der Waals surface area contributed by atoms with E-state index < -0.39 is 40.5 Å². The van der Waals surface area contributed by atoms with Crippen LogP contribution >= 0.6 is 0 Å². The van der Waals surface area contributed by atoms with E-state index in [1.54, 1.807) is 13.0 Å². The van der Waals surface area contributed by atoms with Gasteiger partial charge in [0.25, 0.3) is 0 Å². The molecule has 0 radical (unpaired) electrons. The van der Waals surface area contributed by atoms with Crippen LogP contribution in [-0.4, -0.2) is 72.8 Å². The number of amides is 1. The van der Waals surface area contributed by atoms with E-state index >= 15 is 0 Å². The predicted octanol–water partition coefficient (Wildman–Crippen LogP) is 0.263. The minimum Gasteiger partial charge on any atom is -0.497 e. The SMILES string of the molecule is CCNC(=O)OC1COC2C(NS(=O)(=O)c3cc(OC)ccc3OC)COC12. The predicted molar refractivity (Wildman–Crippen MR) is 97.1 cm³/mol. The van der Waals surface area contributed by atoms with E-state index in [4.69, 9.17) is 23.7 Å². The fourth-order valence-corrected chi connectivity index (χ4v) is 4.66. The third-order valence-corrected chi connectivity index (χ3v) is 6.07. The van der Waals surface area contributed by atoms with Gasteiger partial charge in [0.1, 0.15) is 28.6 Å². The van der Waals surface area contributed by atoms with Crippen LogP contribution in [0.2, 0.25) is 0 Å². The van der Waals surface area contributed by atoms with Crippen molar-refractivity contribution in [3.8, 4) is 11.5 Å². The fourth-order valence-electron chi connectivity index (χ4n) is 3.25. The Labute approximate surface area is 163 Å². The maximum absolute atomic E-state index is 12.9. The fraction of sp³-hybridized carbons (Fsp3) is 0.588. The lowest BCUT2D eigenvalue weighted by atomic mass is 10.1. The number of hydrogen-bond donors (Lipinski definition) is 2. The second-order valence-corrected chi connectivity index (χ2v) is 8.00. The van der Waals surface area contributed by atoms with Gasteiger partial charge in [0.2, 0.25) is 10.0 Å². The van der Waals surface area contributed by atoms with Crippen LogP contribution in [0.5, 0.6) is 11.5 Å². The molecule has 0 saturated carbocycles. The summed E-state index contributed by atoms with van der Waals surface area (Å²) in [6.45, 7) is 2.44. The van der Waals surface area contributed by atoms with Gasteiger partial charge in [-0.3, -0.25) is 0 Å². The molecule has 2 aliphatic rings. The van der Waals surface area contributed by atoms with Crippen LogP contribution in [0.3, 0.4) is 0 Å². The Morgan fingerprint density at radius 1 is 1.18 bits per heavy atom. The van der Waals surface area contributed by atoms with Gasteiger partial charge >= 0.3 is 6.09 Å². The molecule has 4 unspecified atom stereocenters. The highest BCUT2D eigenvalue weighted by atomic mass is 32.2. The van der Waals surface area contributed by atoms with Crippen molar-refractivity contribution in [2.24, 2.45) is 0 Å². The molecule has 2 heterocycles. The molecule has 4 atom stereocenters. The van der Waals surface area contributed by atoms with Crippen molar-refractivity contribution in [1.29, 1.82) is 0 Å². The first kappa shape index (κ1) is 20.6. The number of benzene rings is 1. The number of alkyl carbamates (subject to hydrolysis) is 1. The number of methoxy groups -OCH3 is 2. The largest absolute Gasteiger partial charge is 0.497 e. The summed E-state index contributed by atoms with van der Waals surface area (Å²) in [5.74, 6) is 0.572. The van der Waals surface area contributed by atoms with Crippen LogP contribution in [0.1, 0.15) is 6.92 Å². The standard InChI is InChI=1S/C17H24N2O8S/c1-4-18-17(20)27-13-9-26-15-11(8-25-16(13)15)19-28(21,22)14-7-10(23-2)5-6-12(14)24-3/h5-7,11,13,15-16,19H,4,8-9H2,1-3H3,(H,18,20). The Balaban J connectivity index is 1.72. The number of rotatable bonds is 7. The molecule has 10 nitrogen and oxygen atoms in total. The molecule has 2 saturated heterocycles. The first-order valence-corrected chi connectivity index (χ1v) is 10.3. The number of fused-ring (bicyclic) bond motifs is 1. The Morgan fingerprint density at radius 2 is 1.93 bits per heavy atom. The quantitative estimate of drug-likeness (QED) is 0.649. The van der Waals surface area contributed by atoms with Gasteiger partial charge in [-0.15, -0.1) is 0 Å². The molecule has 0 aliphatic carbocycles. The molecule has 2 N–H and O–H groups in total. The molecule has 1 amide bonds. The van der Waals surface area contributed by atoms with Crippen LogP contribution in [0, 0.1) is 0 Å². The van der Waals surface area contributed by atoms with Crippen molar-refractivity contribution >= 4 is 16.1 Å². The summed E-state index contributed by atoms with van der Waals surface area (Å²) >= 11 is 0. The second-order valence-electron chi connectivity index (χ2n) is 6.31. The molecule has 28 heavy (non-hydrogen) atoms. The first-order valence-electron chi connectivity index (χ1n) is 8.81. The molecule has 2 fully saturated rings. The van der Waals surface area contributed by atoms with E-state index in [9.17, 15) is 13.2 Å². The Bertz CT molecular complexity index is 815. The number of ether oxygens (including phenoxy) is 5. The van der Waals surface area contributed by atoms with E-state index in [1.165, 1.54) is 26.4 Å². The molecule has 0 bridgehead atoms. The topological polar surface area (TPSA) is 121 Å². The van der Waals surface area contributed by atoms with Gasteiger partial charge in [0.05, 0.1) is 33.5 Å². The summed E-state index contributed by atoms with van der Waals surface area (Å²) in [5.41, 5.74) is 0. The van der Waals surface area contributed by atoms with Gasteiger partial charge in [-0.05, 0) is 19.1 Å². The molecule has 3 rings (SSSR count). The van der Waals surface area contributed by atoms with E-state index in [-0.39, 0.29) is 23.9 Å². The van der Waals surface area contributed by atoms with Crippen molar-refractivity contribution < 1.29 is 36.9 Å². The number of carbonyl (C=O) groups is 1. The zero-order chi connectivity index (χ0) is 20.3. The molecule has 1 aromatic carbocycles. The summed E-state index contributed by atoms with van der Waals surface area (Å²) in [4.78, 5) is 11.6. The smallest absolute Gasteiger partial charge is 0.407 e. The van der Waals surface area contributed by atoms with E-state index in [0.29, 0.717) is 12.3 Å². The van der Waals surface area contributed by atoms with Crippen LogP contribution in [0.25, 0.3) is 0 Å². The molecular formula is C17H24N2O8S. The molecular weight excluding hydrogens is 392 g/mol. The van der Waals surface area contributed by atoms with Crippen molar-refractivity contribution in [2.75, 3.05) is 34.0 Å². The minimum absolute atomic E-state index is 0.0501. The Kier molecular flexibility index (Phi) is 6.28. The molecule has 2 aliphatic heterocycles. The van der Waals surface area contributed by atoms with Gasteiger partial charge in [-0.1, -0.05) is 0 Å². The normalized spacial score (nSPS) is 26.5. The highest BCUT2D eigenvalue weighted by Gasteiger charge is 2.50. The minimum atomic E-state index is -3.94. The van der Waals surface area contributed by atoms with E-state index in [1.807, 2.05) is 0 Å². The highest BCUT2D eigenvalue weighted by Crippen LogP contribution is 2.32. The average molecular weight is 416 g/mol. The molecule has 0 spiro atoms. The third-order valence-electron chi connectivity index (χ3n) is 4.55. The van der Waals surface area contributed by atoms with Gasteiger partial charge < -0.3 is 29.0 Å². The van der Waals surface area contributed by atoms with Crippen molar-refractivity contribution in [3.05, 3.63) is 18.2 Å². The number of carbonyl (C=O) groups excluding carboxylic acids is 1. The Morgan fingerprint density at radius 3 is 2.61 bits per heavy atom. The van der Waals surface area contributed by atoms with Crippen molar-refractivity contribution in [1.82, 2.24) is 10.0 Å². The van der Waals surface area contributed by atoms with Crippen LogP contribution in [0.15, 0.2) is 23.1 Å². The number of sulfonamides is 1. The highest BCUT2D eigenvalue weighted by molar-refractivity contribution is 7.89. The number of hydrogen-bond acceptors (Lipinski definition) is 8. The van der Waals surface area contributed by atoms with Gasteiger partial charge in [0, 0.05) is 12.6 Å². The monoisotopic (exact) mass is 416 g/mol. The lowest BCUT2D eigenvalue weighted by Crippen LogP contribution is -2.44. The zero-order valence-corrected chi connectivity index (χ0v) is 16.7. The summed E-state index contributed by atoms with van der Waals surface area (Å²) in [5, 5.41) is 2.54.